The van der Waals surface area contributed by atoms with Crippen molar-refractivity contribution in [2.24, 2.45) is 0 Å². The summed E-state index contributed by atoms with van der Waals surface area (Å²) in [6.07, 6.45) is 4.52. The number of nitrogens with one attached hydrogen (secondary N) is 3. The van der Waals surface area contributed by atoms with E-state index < -0.39 is 6.04 Å². The summed E-state index contributed by atoms with van der Waals surface area (Å²) in [4.78, 5) is 24.4. The highest BCUT2D eigenvalue weighted by Crippen LogP contribution is 2.23. The van der Waals surface area contributed by atoms with Gasteiger partial charge in [0.2, 0.25) is 11.8 Å². The molecule has 1 aromatic carbocycles. The SMILES string of the molecule is Cc1ccc(NC(=O)C[C@H]2N[C@@H]3CCCC[C@@H]3NC2=O)cc1Cl. The van der Waals surface area contributed by atoms with E-state index in [0.29, 0.717) is 10.7 Å². The van der Waals surface area contributed by atoms with Gasteiger partial charge in [-0.3, -0.25) is 9.59 Å². The Kier molecular flexibility index (Phi) is 4.87. The summed E-state index contributed by atoms with van der Waals surface area (Å²) >= 11 is 6.06. The maximum absolute atomic E-state index is 12.2. The van der Waals surface area contributed by atoms with Gasteiger partial charge in [0.1, 0.15) is 0 Å². The summed E-state index contributed by atoms with van der Waals surface area (Å²) in [6, 6.07) is 5.43. The quantitative estimate of drug-likeness (QED) is 0.794. The second-order valence-electron chi connectivity index (χ2n) is 6.44. The Hall–Kier alpha value is -1.59. The summed E-state index contributed by atoms with van der Waals surface area (Å²) in [6.45, 7) is 1.91. The molecule has 1 aliphatic carbocycles. The number of anilines is 1. The lowest BCUT2D eigenvalue weighted by atomic mass is 9.87. The molecule has 3 rings (SSSR count). The van der Waals surface area contributed by atoms with E-state index in [-0.39, 0.29) is 30.3 Å². The van der Waals surface area contributed by atoms with Crippen molar-refractivity contribution >= 4 is 29.1 Å². The molecule has 5 nitrogen and oxygen atoms in total. The molecule has 1 heterocycles. The van der Waals surface area contributed by atoms with Gasteiger partial charge in [0, 0.05) is 22.8 Å². The first-order valence-corrected chi connectivity index (χ1v) is 8.53. The lowest BCUT2D eigenvalue weighted by molar-refractivity contribution is -0.129. The summed E-state index contributed by atoms with van der Waals surface area (Å²) < 4.78 is 0. The molecule has 0 radical (unpaired) electrons. The molecule has 0 aromatic heterocycles. The van der Waals surface area contributed by atoms with Gasteiger partial charge in [-0.05, 0) is 37.5 Å². The van der Waals surface area contributed by atoms with E-state index >= 15 is 0 Å². The topological polar surface area (TPSA) is 70.2 Å². The van der Waals surface area contributed by atoms with E-state index in [1.54, 1.807) is 6.07 Å². The Balaban J connectivity index is 1.58. The fourth-order valence-electron chi connectivity index (χ4n) is 3.34. The zero-order valence-electron chi connectivity index (χ0n) is 13.2. The molecule has 23 heavy (non-hydrogen) atoms. The molecule has 1 aromatic rings. The molecule has 2 aliphatic rings. The molecule has 2 fully saturated rings. The van der Waals surface area contributed by atoms with Crippen molar-refractivity contribution in [3.63, 3.8) is 0 Å². The molecule has 6 heteroatoms. The highest BCUT2D eigenvalue weighted by atomic mass is 35.5. The highest BCUT2D eigenvalue weighted by molar-refractivity contribution is 6.31. The molecular formula is C17H22ClN3O2. The van der Waals surface area contributed by atoms with E-state index in [1.165, 1.54) is 6.42 Å². The van der Waals surface area contributed by atoms with Gasteiger partial charge in [0.15, 0.2) is 0 Å². The summed E-state index contributed by atoms with van der Waals surface area (Å²) in [5, 5.41) is 9.81. The Morgan fingerprint density at radius 3 is 2.78 bits per heavy atom. The number of halogens is 1. The molecule has 0 bridgehead atoms. The van der Waals surface area contributed by atoms with E-state index in [1.807, 2.05) is 19.1 Å². The molecule has 3 N–H and O–H groups in total. The van der Waals surface area contributed by atoms with Crippen LogP contribution in [0.4, 0.5) is 5.69 Å². The number of piperazine rings is 1. The number of benzene rings is 1. The summed E-state index contributed by atoms with van der Waals surface area (Å²) in [5.41, 5.74) is 1.61. The molecular weight excluding hydrogens is 314 g/mol. The number of carbonyl (C=O) groups excluding carboxylic acids is 2. The van der Waals surface area contributed by atoms with Crippen LogP contribution in [0.5, 0.6) is 0 Å². The van der Waals surface area contributed by atoms with Crippen LogP contribution in [0.25, 0.3) is 0 Å². The predicted octanol–water partition coefficient (Wildman–Crippen LogP) is 2.38. The molecule has 2 amide bonds. The van der Waals surface area contributed by atoms with Crippen molar-refractivity contribution in [2.45, 2.75) is 57.2 Å². The molecule has 0 unspecified atom stereocenters. The van der Waals surface area contributed by atoms with Gasteiger partial charge in [-0.25, -0.2) is 0 Å². The Morgan fingerprint density at radius 1 is 1.30 bits per heavy atom. The monoisotopic (exact) mass is 335 g/mol. The maximum atomic E-state index is 12.2. The minimum Gasteiger partial charge on any atom is -0.350 e. The minimum absolute atomic E-state index is 0.0785. The smallest absolute Gasteiger partial charge is 0.237 e. The Morgan fingerprint density at radius 2 is 2.04 bits per heavy atom. The van der Waals surface area contributed by atoms with Crippen LogP contribution in [0.2, 0.25) is 5.02 Å². The maximum Gasteiger partial charge on any atom is 0.237 e. The van der Waals surface area contributed by atoms with Crippen LogP contribution in [0.15, 0.2) is 18.2 Å². The Bertz CT molecular complexity index is 620. The van der Waals surface area contributed by atoms with E-state index in [0.717, 1.165) is 24.8 Å². The van der Waals surface area contributed by atoms with Gasteiger partial charge >= 0.3 is 0 Å². The van der Waals surface area contributed by atoms with Crippen molar-refractivity contribution in [1.29, 1.82) is 0 Å². The van der Waals surface area contributed by atoms with Crippen molar-refractivity contribution in [2.75, 3.05) is 5.32 Å². The third-order valence-corrected chi connectivity index (χ3v) is 5.08. The Labute approximate surface area is 141 Å². The van der Waals surface area contributed by atoms with Gasteiger partial charge < -0.3 is 16.0 Å². The normalized spacial score (nSPS) is 27.0. The van der Waals surface area contributed by atoms with E-state index in [9.17, 15) is 9.59 Å². The second kappa shape index (κ2) is 6.89. The predicted molar refractivity (Wildman–Crippen MR) is 90.5 cm³/mol. The lowest BCUT2D eigenvalue weighted by Gasteiger charge is -2.40. The molecule has 1 aliphatic heterocycles. The fraction of sp³-hybridized carbons (Fsp3) is 0.529. The second-order valence-corrected chi connectivity index (χ2v) is 6.85. The van der Waals surface area contributed by atoms with Crippen LogP contribution >= 0.6 is 11.6 Å². The minimum atomic E-state index is -0.463. The van der Waals surface area contributed by atoms with E-state index in [4.69, 9.17) is 11.6 Å². The van der Waals surface area contributed by atoms with Gasteiger partial charge in [-0.15, -0.1) is 0 Å². The zero-order chi connectivity index (χ0) is 16.4. The highest BCUT2D eigenvalue weighted by Gasteiger charge is 2.36. The molecule has 1 saturated heterocycles. The van der Waals surface area contributed by atoms with Crippen LogP contribution in [-0.2, 0) is 9.59 Å². The van der Waals surface area contributed by atoms with Crippen LogP contribution in [0, 0.1) is 6.92 Å². The fourth-order valence-corrected chi connectivity index (χ4v) is 3.52. The van der Waals surface area contributed by atoms with Gasteiger partial charge in [0.05, 0.1) is 12.5 Å². The van der Waals surface area contributed by atoms with Crippen molar-refractivity contribution in [3.8, 4) is 0 Å². The van der Waals surface area contributed by atoms with Crippen LogP contribution in [0.1, 0.15) is 37.7 Å². The number of aryl methyl sites for hydroxylation is 1. The van der Waals surface area contributed by atoms with Crippen LogP contribution in [0.3, 0.4) is 0 Å². The molecule has 0 spiro atoms. The van der Waals surface area contributed by atoms with Gasteiger partial charge in [0.25, 0.3) is 0 Å². The molecule has 3 atom stereocenters. The number of hydrogen-bond acceptors (Lipinski definition) is 3. The lowest BCUT2D eigenvalue weighted by Crippen LogP contribution is -2.65. The van der Waals surface area contributed by atoms with Gasteiger partial charge in [-0.1, -0.05) is 30.5 Å². The number of fused-ring (bicyclic) bond motifs is 1. The van der Waals surface area contributed by atoms with Crippen LogP contribution in [-0.4, -0.2) is 29.9 Å². The number of hydrogen-bond donors (Lipinski definition) is 3. The third kappa shape index (κ3) is 3.85. The molecule has 1 saturated carbocycles. The molecule has 124 valence electrons. The van der Waals surface area contributed by atoms with Crippen LogP contribution < -0.4 is 16.0 Å². The average molecular weight is 336 g/mol. The average Bonchev–Trinajstić information content (AvgIpc) is 2.51. The van der Waals surface area contributed by atoms with Crippen molar-refractivity contribution in [1.82, 2.24) is 10.6 Å². The van der Waals surface area contributed by atoms with Crippen molar-refractivity contribution in [3.05, 3.63) is 28.8 Å². The summed E-state index contributed by atoms with van der Waals surface area (Å²) in [5.74, 6) is -0.267. The zero-order valence-corrected chi connectivity index (χ0v) is 14.0. The van der Waals surface area contributed by atoms with Gasteiger partial charge in [-0.2, -0.15) is 0 Å². The van der Waals surface area contributed by atoms with Crippen molar-refractivity contribution < 1.29 is 9.59 Å². The number of carbonyl (C=O) groups is 2. The summed E-state index contributed by atoms with van der Waals surface area (Å²) in [7, 11) is 0. The third-order valence-electron chi connectivity index (χ3n) is 4.67. The first kappa shape index (κ1) is 16.3. The van der Waals surface area contributed by atoms with E-state index in [2.05, 4.69) is 16.0 Å². The standard InChI is InChI=1S/C17H22ClN3O2/c1-10-6-7-11(8-12(10)18)19-16(22)9-15-17(23)21-14-5-3-2-4-13(14)20-15/h6-8,13-15,20H,2-5,9H2,1H3,(H,19,22)(H,21,23)/t13-,14+,15-/m1/s1. The number of rotatable bonds is 3. The number of amides is 2. The first-order chi connectivity index (χ1) is 11.0. The largest absolute Gasteiger partial charge is 0.350 e. The first-order valence-electron chi connectivity index (χ1n) is 8.15.